The van der Waals surface area contributed by atoms with Crippen LogP contribution in [0, 0.1) is 12.7 Å². The summed E-state index contributed by atoms with van der Waals surface area (Å²) < 4.78 is 43.1. The van der Waals surface area contributed by atoms with Crippen molar-refractivity contribution in [3.63, 3.8) is 0 Å². The maximum atomic E-state index is 13.4. The molecule has 1 unspecified atom stereocenters. The van der Waals surface area contributed by atoms with Gasteiger partial charge in [-0.15, -0.1) is 0 Å². The average molecular weight is 292 g/mol. The first-order valence-corrected chi connectivity index (χ1v) is 5.59. The summed E-state index contributed by atoms with van der Waals surface area (Å²) >= 11 is 4.74. The van der Waals surface area contributed by atoms with E-state index >= 15 is 0 Å². The molecule has 0 saturated heterocycles. The molecule has 1 aromatic carbocycles. The molecule has 8 heteroatoms. The molecule has 2 N–H and O–H groups in total. The number of hydrogen-bond acceptors (Lipinski definition) is 4. The predicted molar refractivity (Wildman–Crippen MR) is 61.2 cm³/mol. The van der Waals surface area contributed by atoms with Gasteiger partial charge in [-0.2, -0.15) is 13.8 Å². The SMILES string of the molecule is Cc1ccc(C(N)c2noc(C(F)(F)Cl)n2)cc1F. The third-order valence-electron chi connectivity index (χ3n) is 2.52. The summed E-state index contributed by atoms with van der Waals surface area (Å²) in [7, 11) is 0. The lowest BCUT2D eigenvalue weighted by atomic mass is 10.1. The van der Waals surface area contributed by atoms with Gasteiger partial charge in [0.05, 0.1) is 6.04 Å². The lowest BCUT2D eigenvalue weighted by Gasteiger charge is -2.08. The first-order valence-electron chi connectivity index (χ1n) is 5.21. The van der Waals surface area contributed by atoms with Crippen molar-refractivity contribution in [3.05, 3.63) is 46.9 Å². The van der Waals surface area contributed by atoms with Crippen LogP contribution in [-0.4, -0.2) is 10.1 Å². The smallest absolute Gasteiger partial charge is 0.331 e. The first kappa shape index (κ1) is 13.8. The van der Waals surface area contributed by atoms with Crippen molar-refractivity contribution >= 4 is 11.6 Å². The molecule has 0 aliphatic carbocycles. The third kappa shape index (κ3) is 2.87. The van der Waals surface area contributed by atoms with E-state index in [0.717, 1.165) is 0 Å². The highest BCUT2D eigenvalue weighted by Crippen LogP contribution is 2.31. The van der Waals surface area contributed by atoms with Crippen molar-refractivity contribution in [3.8, 4) is 0 Å². The van der Waals surface area contributed by atoms with Crippen LogP contribution in [0.5, 0.6) is 0 Å². The molecule has 4 nitrogen and oxygen atoms in total. The van der Waals surface area contributed by atoms with Gasteiger partial charge in [0.1, 0.15) is 5.82 Å². The van der Waals surface area contributed by atoms with Crippen molar-refractivity contribution in [2.75, 3.05) is 0 Å². The Labute approximate surface area is 111 Å². The van der Waals surface area contributed by atoms with Gasteiger partial charge in [-0.3, -0.25) is 0 Å². The number of aromatic nitrogens is 2. The average Bonchev–Trinajstić information content (AvgIpc) is 2.81. The minimum atomic E-state index is -3.76. The number of aryl methyl sites for hydroxylation is 1. The van der Waals surface area contributed by atoms with E-state index in [0.29, 0.717) is 11.1 Å². The second-order valence-electron chi connectivity index (χ2n) is 3.94. The van der Waals surface area contributed by atoms with Crippen LogP contribution in [0.15, 0.2) is 22.7 Å². The number of benzene rings is 1. The minimum Gasteiger partial charge on any atom is -0.331 e. The number of alkyl halides is 3. The van der Waals surface area contributed by atoms with Crippen LogP contribution >= 0.6 is 11.6 Å². The zero-order chi connectivity index (χ0) is 14.2. The van der Waals surface area contributed by atoms with E-state index in [-0.39, 0.29) is 5.82 Å². The molecule has 0 bridgehead atoms. The summed E-state index contributed by atoms with van der Waals surface area (Å²) in [6, 6.07) is 3.28. The van der Waals surface area contributed by atoms with Crippen molar-refractivity contribution in [2.24, 2.45) is 5.73 Å². The van der Waals surface area contributed by atoms with Crippen LogP contribution in [0.1, 0.15) is 28.9 Å². The Morgan fingerprint density at radius 3 is 2.63 bits per heavy atom. The molecule has 1 aromatic heterocycles. The van der Waals surface area contributed by atoms with E-state index in [1.54, 1.807) is 13.0 Å². The Bertz CT molecular complexity index is 597. The van der Waals surface area contributed by atoms with Crippen LogP contribution in [0.25, 0.3) is 0 Å². The summed E-state index contributed by atoms with van der Waals surface area (Å²) in [5.74, 6) is -1.70. The van der Waals surface area contributed by atoms with E-state index < -0.39 is 23.1 Å². The summed E-state index contributed by atoms with van der Waals surface area (Å²) in [6.07, 6.45) is 0. The quantitative estimate of drug-likeness (QED) is 0.883. The molecule has 0 aliphatic rings. The highest BCUT2D eigenvalue weighted by atomic mass is 35.5. The second kappa shape index (κ2) is 4.82. The Morgan fingerprint density at radius 1 is 1.42 bits per heavy atom. The van der Waals surface area contributed by atoms with Crippen LogP contribution < -0.4 is 5.73 Å². The van der Waals surface area contributed by atoms with Crippen molar-refractivity contribution in [1.29, 1.82) is 0 Å². The topological polar surface area (TPSA) is 64.9 Å². The Kier molecular flexibility index (Phi) is 3.51. The van der Waals surface area contributed by atoms with Gasteiger partial charge in [0.25, 0.3) is 0 Å². The molecule has 0 fully saturated rings. The number of nitrogens with two attached hydrogens (primary N) is 1. The summed E-state index contributed by atoms with van der Waals surface area (Å²) in [5, 5.41) is -0.447. The fourth-order valence-electron chi connectivity index (χ4n) is 1.43. The van der Waals surface area contributed by atoms with Gasteiger partial charge in [-0.05, 0) is 35.7 Å². The van der Waals surface area contributed by atoms with Gasteiger partial charge in [-0.25, -0.2) is 4.39 Å². The Balaban J connectivity index is 2.31. The van der Waals surface area contributed by atoms with Crippen LogP contribution in [0.2, 0.25) is 0 Å². The molecule has 0 radical (unpaired) electrons. The van der Waals surface area contributed by atoms with Gasteiger partial charge in [-0.1, -0.05) is 17.3 Å². The number of nitrogens with zero attached hydrogens (tertiary/aromatic N) is 2. The fraction of sp³-hybridized carbons (Fsp3) is 0.273. The zero-order valence-electron chi connectivity index (χ0n) is 9.70. The zero-order valence-corrected chi connectivity index (χ0v) is 10.5. The molecule has 0 saturated carbocycles. The molecule has 102 valence electrons. The first-order chi connectivity index (χ1) is 8.79. The maximum Gasteiger partial charge on any atom is 0.400 e. The monoisotopic (exact) mass is 291 g/mol. The lowest BCUT2D eigenvalue weighted by Crippen LogP contribution is -2.14. The molecule has 0 aliphatic heterocycles. The van der Waals surface area contributed by atoms with E-state index in [2.05, 4.69) is 14.7 Å². The molecular weight excluding hydrogens is 283 g/mol. The van der Waals surface area contributed by atoms with E-state index in [9.17, 15) is 13.2 Å². The molecule has 2 aromatic rings. The molecule has 1 atom stereocenters. The van der Waals surface area contributed by atoms with Gasteiger partial charge < -0.3 is 10.3 Å². The van der Waals surface area contributed by atoms with Crippen LogP contribution in [0.3, 0.4) is 0 Å². The third-order valence-corrected chi connectivity index (χ3v) is 2.68. The van der Waals surface area contributed by atoms with Gasteiger partial charge in [0.15, 0.2) is 5.82 Å². The van der Waals surface area contributed by atoms with Crippen molar-refractivity contribution in [1.82, 2.24) is 10.1 Å². The Morgan fingerprint density at radius 2 is 2.11 bits per heavy atom. The van der Waals surface area contributed by atoms with Gasteiger partial charge >= 0.3 is 11.3 Å². The van der Waals surface area contributed by atoms with E-state index in [4.69, 9.17) is 17.3 Å². The van der Waals surface area contributed by atoms with Crippen molar-refractivity contribution in [2.45, 2.75) is 18.3 Å². The van der Waals surface area contributed by atoms with Crippen LogP contribution in [-0.2, 0) is 5.38 Å². The van der Waals surface area contributed by atoms with Gasteiger partial charge in [0.2, 0.25) is 0 Å². The van der Waals surface area contributed by atoms with Crippen LogP contribution in [0.4, 0.5) is 13.2 Å². The predicted octanol–water partition coefficient (Wildman–Crippen LogP) is 2.85. The second-order valence-corrected chi connectivity index (χ2v) is 4.42. The largest absolute Gasteiger partial charge is 0.400 e. The summed E-state index contributed by atoms with van der Waals surface area (Å²) in [4.78, 5) is 3.40. The van der Waals surface area contributed by atoms with E-state index in [1.165, 1.54) is 12.1 Å². The Hall–Kier alpha value is -1.60. The molecule has 1 heterocycles. The number of hydrogen-bond donors (Lipinski definition) is 1. The number of halogens is 4. The minimum absolute atomic E-state index is 0.196. The lowest BCUT2D eigenvalue weighted by molar-refractivity contribution is 0.0550. The van der Waals surface area contributed by atoms with Crippen molar-refractivity contribution < 1.29 is 17.7 Å². The summed E-state index contributed by atoms with van der Waals surface area (Å²) in [5.41, 5.74) is 6.53. The highest BCUT2D eigenvalue weighted by molar-refractivity contribution is 6.21. The molecule has 2 rings (SSSR count). The van der Waals surface area contributed by atoms with E-state index in [1.807, 2.05) is 0 Å². The molecule has 0 spiro atoms. The van der Waals surface area contributed by atoms with Gasteiger partial charge in [0, 0.05) is 0 Å². The maximum absolute atomic E-state index is 13.4. The number of rotatable bonds is 3. The molecular formula is C11H9ClF3N3O. The normalized spacial score (nSPS) is 13.6. The molecule has 19 heavy (non-hydrogen) atoms. The molecule has 0 amide bonds. The summed E-state index contributed by atoms with van der Waals surface area (Å²) in [6.45, 7) is 1.59. The standard InChI is InChI=1S/C11H9ClF3N3O/c1-5-2-3-6(4-7(5)13)8(16)9-17-10(19-18-9)11(12,14)15/h2-4,8H,16H2,1H3. The fourth-order valence-corrected chi connectivity index (χ4v) is 1.50. The highest BCUT2D eigenvalue weighted by Gasteiger charge is 2.36.